The summed E-state index contributed by atoms with van der Waals surface area (Å²) in [6, 6.07) is 12.6. The van der Waals surface area contributed by atoms with E-state index in [4.69, 9.17) is 4.74 Å². The molecule has 6 nitrogen and oxygen atoms in total. The zero-order valence-electron chi connectivity index (χ0n) is 15.2. The van der Waals surface area contributed by atoms with Gasteiger partial charge in [-0.1, -0.05) is 42.9 Å². The Hall–Kier alpha value is -2.93. The number of nitrogens with one attached hydrogen (secondary N) is 2. The van der Waals surface area contributed by atoms with Gasteiger partial charge in [-0.3, -0.25) is 14.9 Å². The minimum atomic E-state index is -0.221. The lowest BCUT2D eigenvalue weighted by Crippen LogP contribution is -2.11. The second-order valence-electron chi connectivity index (χ2n) is 6.02. The third-order valence-corrected chi connectivity index (χ3v) is 4.90. The van der Waals surface area contributed by atoms with E-state index in [9.17, 15) is 9.59 Å². The van der Waals surface area contributed by atoms with Gasteiger partial charge in [-0.05, 0) is 24.6 Å². The first-order chi connectivity index (χ1) is 13.1. The number of anilines is 2. The summed E-state index contributed by atoms with van der Waals surface area (Å²) in [4.78, 5) is 28.8. The zero-order chi connectivity index (χ0) is 19.2. The summed E-state index contributed by atoms with van der Waals surface area (Å²) in [6.45, 7) is 2.05. The van der Waals surface area contributed by atoms with Gasteiger partial charge in [-0.25, -0.2) is 4.98 Å². The molecule has 140 valence electrons. The number of ether oxygens (including phenoxy) is 1. The lowest BCUT2D eigenvalue weighted by molar-refractivity contribution is -0.116. The molecule has 3 rings (SSSR count). The molecule has 3 aromatic rings. The smallest absolute Gasteiger partial charge is 0.257 e. The van der Waals surface area contributed by atoms with E-state index in [1.54, 1.807) is 25.3 Å². The summed E-state index contributed by atoms with van der Waals surface area (Å²) >= 11 is 1.33. The number of nitrogens with zero attached hydrogens (tertiary/aromatic N) is 1. The van der Waals surface area contributed by atoms with Crippen molar-refractivity contribution in [3.8, 4) is 5.75 Å². The first kappa shape index (κ1) is 18.8. The van der Waals surface area contributed by atoms with Gasteiger partial charge < -0.3 is 10.1 Å². The molecule has 0 saturated heterocycles. The molecule has 0 radical (unpaired) electrons. The van der Waals surface area contributed by atoms with E-state index >= 15 is 0 Å². The molecular weight excluding hydrogens is 362 g/mol. The number of amides is 2. The lowest BCUT2D eigenvalue weighted by Gasteiger charge is -2.07. The fourth-order valence-electron chi connectivity index (χ4n) is 2.60. The van der Waals surface area contributed by atoms with Crippen LogP contribution in [0.4, 0.5) is 10.8 Å². The Bertz CT molecular complexity index is 954. The third-order valence-electron chi connectivity index (χ3n) is 3.98. The van der Waals surface area contributed by atoms with Crippen LogP contribution in [-0.4, -0.2) is 23.9 Å². The number of methoxy groups -OCH3 is 1. The molecule has 1 aromatic heterocycles. The molecule has 0 spiro atoms. The van der Waals surface area contributed by atoms with Crippen LogP contribution in [0.15, 0.2) is 42.5 Å². The molecule has 0 bridgehead atoms. The summed E-state index contributed by atoms with van der Waals surface area (Å²) in [7, 11) is 1.55. The van der Waals surface area contributed by atoms with Crippen LogP contribution in [0.1, 0.15) is 36.5 Å². The Morgan fingerprint density at radius 2 is 1.93 bits per heavy atom. The SMILES string of the molecule is CCCCC(=O)Nc1cc(OC)c2nc(NC(=O)c3ccccc3)sc2c1. The van der Waals surface area contributed by atoms with Crippen molar-refractivity contribution in [3.05, 3.63) is 48.0 Å². The molecule has 0 aliphatic heterocycles. The largest absolute Gasteiger partial charge is 0.494 e. The molecule has 2 amide bonds. The number of carbonyl (C=O) groups is 2. The molecule has 7 heteroatoms. The maximum atomic E-state index is 12.3. The standard InChI is InChI=1S/C20H21N3O3S/c1-3-4-10-17(24)21-14-11-15(26-2)18-16(12-14)27-20(22-18)23-19(25)13-8-6-5-7-9-13/h5-9,11-12H,3-4,10H2,1-2H3,(H,21,24)(H,22,23,25). The average molecular weight is 383 g/mol. The highest BCUT2D eigenvalue weighted by Gasteiger charge is 2.14. The van der Waals surface area contributed by atoms with Gasteiger partial charge in [0.25, 0.3) is 5.91 Å². The molecule has 0 saturated carbocycles. The number of fused-ring (bicyclic) bond motifs is 1. The van der Waals surface area contributed by atoms with Crippen molar-refractivity contribution in [1.82, 2.24) is 4.98 Å². The van der Waals surface area contributed by atoms with E-state index in [2.05, 4.69) is 15.6 Å². The van der Waals surface area contributed by atoms with Crippen molar-refractivity contribution in [2.75, 3.05) is 17.7 Å². The number of carbonyl (C=O) groups excluding carboxylic acids is 2. The third kappa shape index (κ3) is 4.62. The van der Waals surface area contributed by atoms with Crippen molar-refractivity contribution < 1.29 is 14.3 Å². The van der Waals surface area contributed by atoms with E-state index in [-0.39, 0.29) is 11.8 Å². The van der Waals surface area contributed by atoms with Gasteiger partial charge in [0.2, 0.25) is 5.91 Å². The average Bonchev–Trinajstić information content (AvgIpc) is 3.08. The fourth-order valence-corrected chi connectivity index (χ4v) is 3.52. The van der Waals surface area contributed by atoms with Gasteiger partial charge in [-0.15, -0.1) is 0 Å². The van der Waals surface area contributed by atoms with Crippen molar-refractivity contribution in [3.63, 3.8) is 0 Å². The van der Waals surface area contributed by atoms with Crippen LogP contribution in [-0.2, 0) is 4.79 Å². The number of rotatable bonds is 7. The van der Waals surface area contributed by atoms with Crippen LogP contribution in [0.3, 0.4) is 0 Å². The molecular formula is C20H21N3O3S. The second kappa shape index (κ2) is 8.64. The van der Waals surface area contributed by atoms with Crippen LogP contribution >= 0.6 is 11.3 Å². The van der Waals surface area contributed by atoms with Crippen LogP contribution in [0.25, 0.3) is 10.2 Å². The van der Waals surface area contributed by atoms with E-state index in [0.717, 1.165) is 17.5 Å². The summed E-state index contributed by atoms with van der Waals surface area (Å²) in [5.41, 5.74) is 1.87. The summed E-state index contributed by atoms with van der Waals surface area (Å²) in [6.07, 6.45) is 2.30. The fraction of sp³-hybridized carbons (Fsp3) is 0.250. The van der Waals surface area contributed by atoms with E-state index < -0.39 is 0 Å². The van der Waals surface area contributed by atoms with Crippen molar-refractivity contribution in [2.45, 2.75) is 26.2 Å². The zero-order valence-corrected chi connectivity index (χ0v) is 16.1. The van der Waals surface area contributed by atoms with Crippen LogP contribution in [0, 0.1) is 0 Å². The number of hydrogen-bond acceptors (Lipinski definition) is 5. The summed E-state index contributed by atoms with van der Waals surface area (Å²) in [5.74, 6) is 0.303. The maximum absolute atomic E-state index is 12.3. The number of unbranched alkanes of at least 4 members (excludes halogenated alkanes) is 1. The quantitative estimate of drug-likeness (QED) is 0.620. The van der Waals surface area contributed by atoms with Gasteiger partial charge in [0.1, 0.15) is 11.3 Å². The first-order valence-electron chi connectivity index (χ1n) is 8.75. The highest BCUT2D eigenvalue weighted by atomic mass is 32.1. The van der Waals surface area contributed by atoms with Gasteiger partial charge in [-0.2, -0.15) is 0 Å². The van der Waals surface area contributed by atoms with Gasteiger partial charge in [0, 0.05) is 23.7 Å². The van der Waals surface area contributed by atoms with Gasteiger partial charge >= 0.3 is 0 Å². The highest BCUT2D eigenvalue weighted by Crippen LogP contribution is 2.35. The van der Waals surface area contributed by atoms with E-state index in [0.29, 0.717) is 34.1 Å². The minimum Gasteiger partial charge on any atom is -0.494 e. The van der Waals surface area contributed by atoms with Crippen molar-refractivity contribution in [1.29, 1.82) is 0 Å². The van der Waals surface area contributed by atoms with E-state index in [1.165, 1.54) is 11.3 Å². The number of hydrogen-bond donors (Lipinski definition) is 2. The maximum Gasteiger partial charge on any atom is 0.257 e. The van der Waals surface area contributed by atoms with Gasteiger partial charge in [0.05, 0.1) is 11.8 Å². The number of aromatic nitrogens is 1. The second-order valence-corrected chi connectivity index (χ2v) is 7.05. The van der Waals surface area contributed by atoms with Gasteiger partial charge in [0.15, 0.2) is 5.13 Å². The Morgan fingerprint density at radius 1 is 1.15 bits per heavy atom. The predicted octanol–water partition coefficient (Wildman–Crippen LogP) is 4.69. The lowest BCUT2D eigenvalue weighted by atomic mass is 10.2. The molecule has 1 heterocycles. The summed E-state index contributed by atoms with van der Waals surface area (Å²) in [5, 5.41) is 6.18. The molecule has 0 unspecified atom stereocenters. The molecule has 27 heavy (non-hydrogen) atoms. The Kier molecular flexibility index (Phi) is 6.03. The number of thiazole rings is 1. The Morgan fingerprint density at radius 3 is 2.63 bits per heavy atom. The van der Waals surface area contributed by atoms with E-state index in [1.807, 2.05) is 31.2 Å². The Balaban J connectivity index is 1.83. The monoisotopic (exact) mass is 383 g/mol. The molecule has 0 atom stereocenters. The number of benzene rings is 2. The molecule has 0 aliphatic rings. The normalized spacial score (nSPS) is 10.6. The van der Waals surface area contributed by atoms with Crippen molar-refractivity contribution >= 4 is 44.2 Å². The van der Waals surface area contributed by atoms with Crippen LogP contribution < -0.4 is 15.4 Å². The topological polar surface area (TPSA) is 80.3 Å². The Labute approximate surface area is 161 Å². The van der Waals surface area contributed by atoms with Crippen molar-refractivity contribution in [2.24, 2.45) is 0 Å². The van der Waals surface area contributed by atoms with Crippen LogP contribution in [0.2, 0.25) is 0 Å². The summed E-state index contributed by atoms with van der Waals surface area (Å²) < 4.78 is 6.24. The minimum absolute atomic E-state index is 0.0274. The molecule has 0 aliphatic carbocycles. The molecule has 2 aromatic carbocycles. The predicted molar refractivity (Wildman–Crippen MR) is 109 cm³/mol. The first-order valence-corrected chi connectivity index (χ1v) is 9.57. The highest BCUT2D eigenvalue weighted by molar-refractivity contribution is 7.22. The molecule has 0 fully saturated rings. The molecule has 2 N–H and O–H groups in total. The van der Waals surface area contributed by atoms with Crippen LogP contribution in [0.5, 0.6) is 5.75 Å².